The van der Waals surface area contributed by atoms with Crippen LogP contribution >= 0.6 is 0 Å². The van der Waals surface area contributed by atoms with Gasteiger partial charge >= 0.3 is 0 Å². The monoisotopic (exact) mass is 359 g/mol. The van der Waals surface area contributed by atoms with Crippen LogP contribution in [0.4, 0.5) is 17.1 Å². The number of nitrogens with zero attached hydrogens (tertiary/aromatic N) is 1. The fourth-order valence-corrected chi connectivity index (χ4v) is 4.03. The molecule has 0 aromatic heterocycles. The molecule has 0 radical (unpaired) electrons. The lowest BCUT2D eigenvalue weighted by molar-refractivity contribution is 1.31. The summed E-state index contributed by atoms with van der Waals surface area (Å²) in [7, 11) is 0. The molecule has 0 fully saturated rings. The van der Waals surface area contributed by atoms with Crippen LogP contribution in [0.15, 0.2) is 109 Å². The first-order chi connectivity index (χ1) is 13.8. The summed E-state index contributed by atoms with van der Waals surface area (Å²) in [5, 5.41) is 5.05. The van der Waals surface area contributed by atoms with Crippen molar-refractivity contribution in [1.29, 1.82) is 0 Å². The van der Waals surface area contributed by atoms with E-state index in [1.807, 2.05) is 0 Å². The zero-order valence-corrected chi connectivity index (χ0v) is 15.8. The van der Waals surface area contributed by atoms with E-state index in [9.17, 15) is 0 Å². The van der Waals surface area contributed by atoms with Crippen LogP contribution in [0.1, 0.15) is 5.56 Å². The molecule has 5 aromatic carbocycles. The second-order valence-electron chi connectivity index (χ2n) is 7.12. The maximum Gasteiger partial charge on any atom is 0.0540 e. The molecule has 0 saturated carbocycles. The summed E-state index contributed by atoms with van der Waals surface area (Å²) in [4.78, 5) is 2.38. The molecule has 0 N–H and O–H groups in total. The Labute approximate surface area is 165 Å². The Kier molecular flexibility index (Phi) is 4.06. The van der Waals surface area contributed by atoms with Crippen molar-refractivity contribution >= 4 is 38.6 Å². The largest absolute Gasteiger partial charge is 0.309 e. The van der Waals surface area contributed by atoms with E-state index < -0.39 is 0 Å². The van der Waals surface area contributed by atoms with Gasteiger partial charge in [-0.25, -0.2) is 0 Å². The van der Waals surface area contributed by atoms with E-state index in [-0.39, 0.29) is 0 Å². The highest BCUT2D eigenvalue weighted by atomic mass is 15.1. The van der Waals surface area contributed by atoms with Gasteiger partial charge in [0.15, 0.2) is 0 Å². The molecular formula is C27H21N. The molecule has 0 atom stereocenters. The molecule has 0 unspecified atom stereocenters. The van der Waals surface area contributed by atoms with Crippen molar-refractivity contribution in [3.63, 3.8) is 0 Å². The minimum absolute atomic E-state index is 1.16. The van der Waals surface area contributed by atoms with Gasteiger partial charge in [-0.15, -0.1) is 0 Å². The van der Waals surface area contributed by atoms with Gasteiger partial charge in [0.25, 0.3) is 0 Å². The van der Waals surface area contributed by atoms with E-state index in [0.29, 0.717) is 0 Å². The SMILES string of the molecule is Cc1cccc2c(N(c3ccccc3)c3cccc4ccccc34)cccc12. The zero-order chi connectivity index (χ0) is 18.9. The van der Waals surface area contributed by atoms with Crippen LogP contribution in [-0.4, -0.2) is 0 Å². The molecule has 0 heterocycles. The molecule has 1 heteroatoms. The van der Waals surface area contributed by atoms with Gasteiger partial charge in [0.2, 0.25) is 0 Å². The van der Waals surface area contributed by atoms with Crippen LogP contribution in [0.25, 0.3) is 21.5 Å². The zero-order valence-electron chi connectivity index (χ0n) is 15.8. The molecule has 134 valence electrons. The van der Waals surface area contributed by atoms with Crippen molar-refractivity contribution in [1.82, 2.24) is 0 Å². The molecular weight excluding hydrogens is 338 g/mol. The van der Waals surface area contributed by atoms with Crippen LogP contribution in [0.2, 0.25) is 0 Å². The third-order valence-electron chi connectivity index (χ3n) is 5.38. The van der Waals surface area contributed by atoms with Crippen LogP contribution < -0.4 is 4.90 Å². The maximum atomic E-state index is 2.38. The van der Waals surface area contributed by atoms with E-state index in [0.717, 1.165) is 5.69 Å². The fourth-order valence-electron chi connectivity index (χ4n) is 4.03. The number of anilines is 3. The van der Waals surface area contributed by atoms with E-state index in [2.05, 4.69) is 121 Å². The van der Waals surface area contributed by atoms with E-state index in [1.165, 1.54) is 38.5 Å². The van der Waals surface area contributed by atoms with Crippen LogP contribution in [0, 0.1) is 6.92 Å². The average Bonchev–Trinajstić information content (AvgIpc) is 2.76. The quantitative estimate of drug-likeness (QED) is 0.318. The lowest BCUT2D eigenvalue weighted by atomic mass is 10.0. The Morgan fingerprint density at radius 3 is 1.89 bits per heavy atom. The lowest BCUT2D eigenvalue weighted by Gasteiger charge is -2.28. The van der Waals surface area contributed by atoms with E-state index in [4.69, 9.17) is 0 Å². The van der Waals surface area contributed by atoms with E-state index >= 15 is 0 Å². The van der Waals surface area contributed by atoms with Gasteiger partial charge < -0.3 is 4.90 Å². The average molecular weight is 359 g/mol. The van der Waals surface area contributed by atoms with Gasteiger partial charge in [-0.2, -0.15) is 0 Å². The molecule has 0 spiro atoms. The van der Waals surface area contributed by atoms with Gasteiger partial charge in [0.05, 0.1) is 11.4 Å². The van der Waals surface area contributed by atoms with E-state index in [1.54, 1.807) is 0 Å². The first-order valence-electron chi connectivity index (χ1n) is 9.64. The minimum Gasteiger partial charge on any atom is -0.309 e. The molecule has 0 aliphatic rings. The molecule has 0 saturated heterocycles. The Bertz CT molecular complexity index is 1270. The number of benzene rings is 5. The number of hydrogen-bond donors (Lipinski definition) is 0. The van der Waals surface area contributed by atoms with Crippen LogP contribution in [0.3, 0.4) is 0 Å². The topological polar surface area (TPSA) is 3.24 Å². The van der Waals surface area contributed by atoms with Crippen molar-refractivity contribution in [2.24, 2.45) is 0 Å². The predicted octanol–water partition coefficient (Wildman–Crippen LogP) is 7.77. The molecule has 28 heavy (non-hydrogen) atoms. The number of para-hydroxylation sites is 1. The predicted molar refractivity (Wildman–Crippen MR) is 121 cm³/mol. The molecule has 0 aliphatic carbocycles. The number of hydrogen-bond acceptors (Lipinski definition) is 1. The molecule has 5 rings (SSSR count). The summed E-state index contributed by atoms with van der Waals surface area (Å²) in [6.45, 7) is 2.18. The molecule has 0 aliphatic heterocycles. The van der Waals surface area contributed by atoms with Crippen molar-refractivity contribution in [3.05, 3.63) is 115 Å². The second kappa shape index (κ2) is 6.86. The number of fused-ring (bicyclic) bond motifs is 2. The van der Waals surface area contributed by atoms with Crippen molar-refractivity contribution < 1.29 is 0 Å². The Balaban J connectivity index is 1.86. The normalized spacial score (nSPS) is 11.0. The maximum absolute atomic E-state index is 2.38. The fraction of sp³-hybridized carbons (Fsp3) is 0.0370. The summed E-state index contributed by atoms with van der Waals surface area (Å²) in [6.07, 6.45) is 0. The molecule has 0 amide bonds. The Hall–Kier alpha value is -3.58. The highest BCUT2D eigenvalue weighted by Crippen LogP contribution is 2.41. The molecule has 1 nitrogen and oxygen atoms in total. The standard InChI is InChI=1S/C27H21N/c1-20-10-7-17-25-23(20)16-9-19-27(25)28(22-13-3-2-4-14-22)26-18-8-12-21-11-5-6-15-24(21)26/h2-19H,1H3. The minimum atomic E-state index is 1.16. The Morgan fingerprint density at radius 1 is 0.464 bits per heavy atom. The van der Waals surface area contributed by atoms with Gasteiger partial charge in [-0.1, -0.05) is 84.9 Å². The number of aryl methyl sites for hydroxylation is 1. The van der Waals surface area contributed by atoms with Crippen molar-refractivity contribution in [2.75, 3.05) is 4.90 Å². The smallest absolute Gasteiger partial charge is 0.0540 e. The van der Waals surface area contributed by atoms with Crippen LogP contribution in [-0.2, 0) is 0 Å². The third kappa shape index (κ3) is 2.73. The molecule has 0 bridgehead atoms. The summed E-state index contributed by atoms with van der Waals surface area (Å²) in [5.74, 6) is 0. The first-order valence-corrected chi connectivity index (χ1v) is 9.64. The van der Waals surface area contributed by atoms with Crippen molar-refractivity contribution in [2.45, 2.75) is 6.92 Å². The summed E-state index contributed by atoms with van der Waals surface area (Å²) < 4.78 is 0. The third-order valence-corrected chi connectivity index (χ3v) is 5.38. The van der Waals surface area contributed by atoms with Crippen molar-refractivity contribution in [3.8, 4) is 0 Å². The van der Waals surface area contributed by atoms with Gasteiger partial charge in [0.1, 0.15) is 0 Å². The number of rotatable bonds is 3. The first kappa shape index (κ1) is 16.6. The summed E-state index contributed by atoms with van der Waals surface area (Å²) >= 11 is 0. The lowest BCUT2D eigenvalue weighted by Crippen LogP contribution is -2.11. The van der Waals surface area contributed by atoms with Gasteiger partial charge in [-0.3, -0.25) is 0 Å². The van der Waals surface area contributed by atoms with Crippen LogP contribution in [0.5, 0.6) is 0 Å². The van der Waals surface area contributed by atoms with Gasteiger partial charge in [-0.05, 0) is 47.5 Å². The summed E-state index contributed by atoms with van der Waals surface area (Å²) in [5.41, 5.74) is 4.85. The Morgan fingerprint density at radius 2 is 1.04 bits per heavy atom. The molecule has 5 aromatic rings. The summed E-state index contributed by atoms with van der Waals surface area (Å²) in [6, 6.07) is 38.9. The van der Waals surface area contributed by atoms with Gasteiger partial charge in [0, 0.05) is 16.5 Å². The second-order valence-corrected chi connectivity index (χ2v) is 7.12. The highest BCUT2D eigenvalue weighted by molar-refractivity contribution is 6.05. The highest BCUT2D eigenvalue weighted by Gasteiger charge is 2.17.